The molecule has 0 spiro atoms. The van der Waals surface area contributed by atoms with Gasteiger partial charge in [-0.05, 0) is 31.0 Å². The number of benzene rings is 1. The van der Waals surface area contributed by atoms with Crippen molar-refractivity contribution in [2.45, 2.75) is 18.9 Å². The van der Waals surface area contributed by atoms with Gasteiger partial charge in [-0.2, -0.15) is 0 Å². The number of carboxylic acid groups (broad SMARTS) is 1. The standard InChI is InChI=1S/C13H17FN2O4/c1-20-7-3-6-11(12(17)18)16-13(19)15-10-5-2-4-9(14)8-10/h2,4-5,8,11H,3,6-7H2,1H3,(H,17,18)(H2,15,16,19). The zero-order valence-corrected chi connectivity index (χ0v) is 11.1. The second-order valence-electron chi connectivity index (χ2n) is 4.13. The Morgan fingerprint density at radius 1 is 1.45 bits per heavy atom. The van der Waals surface area contributed by atoms with Crippen molar-refractivity contribution in [1.29, 1.82) is 0 Å². The summed E-state index contributed by atoms with van der Waals surface area (Å²) < 4.78 is 17.8. The fraction of sp³-hybridized carbons (Fsp3) is 0.385. The SMILES string of the molecule is COCCCC(NC(=O)Nc1cccc(F)c1)C(=O)O. The van der Waals surface area contributed by atoms with E-state index < -0.39 is 23.9 Å². The highest BCUT2D eigenvalue weighted by atomic mass is 19.1. The van der Waals surface area contributed by atoms with Gasteiger partial charge in [-0.15, -0.1) is 0 Å². The summed E-state index contributed by atoms with van der Waals surface area (Å²) in [6, 6.07) is 3.62. The number of nitrogens with one attached hydrogen (secondary N) is 2. The molecule has 0 saturated carbocycles. The van der Waals surface area contributed by atoms with E-state index in [-0.39, 0.29) is 12.1 Å². The van der Waals surface area contributed by atoms with Gasteiger partial charge in [0.2, 0.25) is 0 Å². The van der Waals surface area contributed by atoms with Crippen molar-refractivity contribution in [2.24, 2.45) is 0 Å². The van der Waals surface area contributed by atoms with Crippen molar-refractivity contribution < 1.29 is 23.8 Å². The minimum atomic E-state index is -1.13. The summed E-state index contributed by atoms with van der Waals surface area (Å²) in [5.41, 5.74) is 0.253. The molecule has 1 unspecified atom stereocenters. The van der Waals surface area contributed by atoms with Gasteiger partial charge in [0.15, 0.2) is 0 Å². The van der Waals surface area contributed by atoms with Crippen molar-refractivity contribution in [2.75, 3.05) is 19.0 Å². The van der Waals surface area contributed by atoms with Crippen LogP contribution in [-0.2, 0) is 9.53 Å². The summed E-state index contributed by atoms with van der Waals surface area (Å²) in [6.45, 7) is 0.414. The van der Waals surface area contributed by atoms with Crippen LogP contribution in [0.2, 0.25) is 0 Å². The lowest BCUT2D eigenvalue weighted by Gasteiger charge is -2.15. The molecule has 0 fully saturated rings. The average Bonchev–Trinajstić information content (AvgIpc) is 2.37. The summed E-state index contributed by atoms with van der Waals surface area (Å²) in [4.78, 5) is 22.6. The molecule has 0 heterocycles. The first-order valence-corrected chi connectivity index (χ1v) is 6.07. The van der Waals surface area contributed by atoms with Crippen LogP contribution in [0.15, 0.2) is 24.3 Å². The first-order chi connectivity index (χ1) is 9.52. The molecule has 2 amide bonds. The minimum Gasteiger partial charge on any atom is -0.480 e. The molecule has 0 aromatic heterocycles. The number of hydrogen-bond donors (Lipinski definition) is 3. The van der Waals surface area contributed by atoms with E-state index in [1.807, 2.05) is 0 Å². The number of anilines is 1. The second kappa shape index (κ2) is 8.11. The Balaban J connectivity index is 2.51. The zero-order chi connectivity index (χ0) is 15.0. The zero-order valence-electron chi connectivity index (χ0n) is 11.1. The van der Waals surface area contributed by atoms with Crippen LogP contribution in [0, 0.1) is 5.82 Å². The van der Waals surface area contributed by atoms with Gasteiger partial charge in [0.1, 0.15) is 11.9 Å². The Kier molecular flexibility index (Phi) is 6.45. The van der Waals surface area contributed by atoms with E-state index in [2.05, 4.69) is 10.6 Å². The Morgan fingerprint density at radius 3 is 2.80 bits per heavy atom. The summed E-state index contributed by atoms with van der Waals surface area (Å²) in [5.74, 6) is -1.62. The Hall–Kier alpha value is -2.15. The van der Waals surface area contributed by atoms with Crippen LogP contribution < -0.4 is 10.6 Å². The van der Waals surface area contributed by atoms with Gasteiger partial charge >= 0.3 is 12.0 Å². The number of amides is 2. The van der Waals surface area contributed by atoms with Crippen molar-refractivity contribution in [3.63, 3.8) is 0 Å². The number of rotatable bonds is 7. The van der Waals surface area contributed by atoms with E-state index in [1.165, 1.54) is 25.3 Å². The lowest BCUT2D eigenvalue weighted by molar-refractivity contribution is -0.139. The largest absolute Gasteiger partial charge is 0.480 e. The highest BCUT2D eigenvalue weighted by Crippen LogP contribution is 2.09. The molecule has 0 aliphatic carbocycles. The number of ether oxygens (including phenoxy) is 1. The highest BCUT2D eigenvalue weighted by molar-refractivity contribution is 5.92. The fourth-order valence-electron chi connectivity index (χ4n) is 1.58. The van der Waals surface area contributed by atoms with Crippen LogP contribution in [-0.4, -0.2) is 36.9 Å². The molecule has 0 saturated heterocycles. The second-order valence-corrected chi connectivity index (χ2v) is 4.13. The average molecular weight is 284 g/mol. The van der Waals surface area contributed by atoms with E-state index in [0.29, 0.717) is 13.0 Å². The number of carbonyl (C=O) groups excluding carboxylic acids is 1. The maximum absolute atomic E-state index is 12.9. The number of carboxylic acids is 1. The van der Waals surface area contributed by atoms with Gasteiger partial charge in [-0.1, -0.05) is 6.07 Å². The maximum atomic E-state index is 12.9. The quantitative estimate of drug-likeness (QED) is 0.666. The molecule has 0 aliphatic rings. The lowest BCUT2D eigenvalue weighted by atomic mass is 10.1. The molecule has 110 valence electrons. The van der Waals surface area contributed by atoms with Crippen molar-refractivity contribution in [1.82, 2.24) is 5.32 Å². The summed E-state index contributed by atoms with van der Waals surface area (Å²) in [5, 5.41) is 13.7. The topological polar surface area (TPSA) is 87.7 Å². The first-order valence-electron chi connectivity index (χ1n) is 6.07. The molecule has 0 radical (unpaired) electrons. The Morgan fingerprint density at radius 2 is 2.20 bits per heavy atom. The van der Waals surface area contributed by atoms with E-state index >= 15 is 0 Å². The van der Waals surface area contributed by atoms with Crippen LogP contribution in [0.3, 0.4) is 0 Å². The molecule has 1 aromatic rings. The molecule has 1 rings (SSSR count). The summed E-state index contributed by atoms with van der Waals surface area (Å²) in [7, 11) is 1.51. The number of methoxy groups -OCH3 is 1. The van der Waals surface area contributed by atoms with E-state index in [0.717, 1.165) is 6.07 Å². The first kappa shape index (κ1) is 15.9. The predicted octanol–water partition coefficient (Wildman–Crippen LogP) is 1.83. The molecule has 3 N–H and O–H groups in total. The smallest absolute Gasteiger partial charge is 0.326 e. The third kappa shape index (κ3) is 5.66. The Bertz CT molecular complexity index is 467. The van der Waals surface area contributed by atoms with Crippen molar-refractivity contribution in [3.05, 3.63) is 30.1 Å². The summed E-state index contributed by atoms with van der Waals surface area (Å²) in [6.07, 6.45) is 0.757. The molecule has 20 heavy (non-hydrogen) atoms. The van der Waals surface area contributed by atoms with Crippen LogP contribution >= 0.6 is 0 Å². The molecule has 1 aromatic carbocycles. The van der Waals surface area contributed by atoms with Gasteiger partial charge in [0.05, 0.1) is 0 Å². The number of urea groups is 1. The molecule has 7 heteroatoms. The molecule has 0 aliphatic heterocycles. The molecular weight excluding hydrogens is 267 g/mol. The minimum absolute atomic E-state index is 0.250. The fourth-order valence-corrected chi connectivity index (χ4v) is 1.58. The molecular formula is C13H17FN2O4. The lowest BCUT2D eigenvalue weighted by Crippen LogP contribution is -2.43. The highest BCUT2D eigenvalue weighted by Gasteiger charge is 2.19. The Labute approximate surface area is 115 Å². The van der Waals surface area contributed by atoms with Gasteiger partial charge in [0.25, 0.3) is 0 Å². The van der Waals surface area contributed by atoms with E-state index in [9.17, 15) is 14.0 Å². The van der Waals surface area contributed by atoms with Crippen molar-refractivity contribution >= 4 is 17.7 Å². The number of carbonyl (C=O) groups is 2. The molecule has 6 nitrogen and oxygen atoms in total. The van der Waals surface area contributed by atoms with Gasteiger partial charge in [-0.3, -0.25) is 0 Å². The third-order valence-corrected chi connectivity index (χ3v) is 2.53. The van der Waals surface area contributed by atoms with Crippen LogP contribution in [0.1, 0.15) is 12.8 Å². The molecule has 1 atom stereocenters. The number of halogens is 1. The number of aliphatic carboxylic acids is 1. The summed E-state index contributed by atoms with van der Waals surface area (Å²) >= 11 is 0. The van der Waals surface area contributed by atoms with Crippen LogP contribution in [0.5, 0.6) is 0 Å². The van der Waals surface area contributed by atoms with Crippen LogP contribution in [0.25, 0.3) is 0 Å². The van der Waals surface area contributed by atoms with E-state index in [1.54, 1.807) is 0 Å². The van der Waals surface area contributed by atoms with Gasteiger partial charge in [0, 0.05) is 19.4 Å². The normalized spacial score (nSPS) is 11.7. The maximum Gasteiger partial charge on any atom is 0.326 e. The number of hydrogen-bond acceptors (Lipinski definition) is 3. The monoisotopic (exact) mass is 284 g/mol. The molecule has 0 bridgehead atoms. The van der Waals surface area contributed by atoms with E-state index in [4.69, 9.17) is 9.84 Å². The van der Waals surface area contributed by atoms with Gasteiger partial charge in [-0.25, -0.2) is 14.0 Å². The predicted molar refractivity (Wildman–Crippen MR) is 71.1 cm³/mol. The van der Waals surface area contributed by atoms with Crippen molar-refractivity contribution in [3.8, 4) is 0 Å². The van der Waals surface area contributed by atoms with Gasteiger partial charge < -0.3 is 20.5 Å². The van der Waals surface area contributed by atoms with Crippen LogP contribution in [0.4, 0.5) is 14.9 Å². The third-order valence-electron chi connectivity index (χ3n) is 2.53.